The molecule has 19 heavy (non-hydrogen) atoms. The summed E-state index contributed by atoms with van der Waals surface area (Å²) in [5, 5.41) is 0. The van der Waals surface area contributed by atoms with Gasteiger partial charge in [0.2, 0.25) is 0 Å². The number of nitrogens with zero attached hydrogens (tertiary/aromatic N) is 1. The molecule has 104 valence electrons. The highest BCUT2D eigenvalue weighted by Gasteiger charge is 2.31. The first kappa shape index (κ1) is 14.5. The lowest BCUT2D eigenvalue weighted by Crippen LogP contribution is -2.36. The maximum absolute atomic E-state index is 12.2. The van der Waals surface area contributed by atoms with Gasteiger partial charge >= 0.3 is 0 Å². The van der Waals surface area contributed by atoms with Crippen LogP contribution in [0.1, 0.15) is 18.4 Å². The molecule has 0 saturated carbocycles. The van der Waals surface area contributed by atoms with Crippen LogP contribution >= 0.6 is 15.9 Å². The van der Waals surface area contributed by atoms with Crippen LogP contribution in [0.2, 0.25) is 0 Å². The summed E-state index contributed by atoms with van der Waals surface area (Å²) in [6.45, 7) is 1.08. The quantitative estimate of drug-likeness (QED) is 0.919. The van der Waals surface area contributed by atoms with Crippen molar-refractivity contribution in [3.8, 4) is 0 Å². The Balaban J connectivity index is 1.91. The number of hydrogen-bond donors (Lipinski definition) is 1. The van der Waals surface area contributed by atoms with E-state index in [-0.39, 0.29) is 18.1 Å². The Morgan fingerprint density at radius 2 is 2.11 bits per heavy atom. The van der Waals surface area contributed by atoms with Gasteiger partial charge in [0.15, 0.2) is 0 Å². The number of carbonyl (C=O) groups is 1. The Hall–Kier alpha value is -0.910. The Morgan fingerprint density at radius 1 is 1.42 bits per heavy atom. The number of amides is 1. The lowest BCUT2D eigenvalue weighted by Gasteiger charge is -2.21. The van der Waals surface area contributed by atoms with E-state index in [0.717, 1.165) is 22.9 Å². The second kappa shape index (κ2) is 6.50. The van der Waals surface area contributed by atoms with Gasteiger partial charge in [-0.3, -0.25) is 4.79 Å². The van der Waals surface area contributed by atoms with Gasteiger partial charge in [0.1, 0.15) is 6.10 Å². The van der Waals surface area contributed by atoms with Crippen molar-refractivity contribution in [2.24, 2.45) is 5.73 Å². The van der Waals surface area contributed by atoms with Gasteiger partial charge in [-0.25, -0.2) is 0 Å². The van der Waals surface area contributed by atoms with E-state index in [1.54, 1.807) is 4.90 Å². The molecule has 1 aromatic carbocycles. The van der Waals surface area contributed by atoms with Crippen molar-refractivity contribution in [1.29, 1.82) is 0 Å². The number of rotatable bonds is 4. The van der Waals surface area contributed by atoms with Crippen molar-refractivity contribution in [2.75, 3.05) is 13.6 Å². The molecule has 2 atom stereocenters. The predicted molar refractivity (Wildman–Crippen MR) is 77.6 cm³/mol. The molecule has 1 fully saturated rings. The zero-order valence-electron chi connectivity index (χ0n) is 11.0. The van der Waals surface area contributed by atoms with Crippen molar-refractivity contribution in [3.05, 3.63) is 34.3 Å². The normalized spacial score (nSPS) is 22.5. The standard InChI is InChI=1S/C14H19BrN2O2/c1-17(9-10-2-4-11(15)5-3-10)14(18)13-7-6-12(8-16)19-13/h2-5,12-13H,6-9,16H2,1H3. The third kappa shape index (κ3) is 3.78. The third-order valence-electron chi connectivity index (χ3n) is 3.36. The van der Waals surface area contributed by atoms with E-state index in [9.17, 15) is 4.79 Å². The van der Waals surface area contributed by atoms with Gasteiger partial charge in [0.05, 0.1) is 6.10 Å². The Morgan fingerprint density at radius 3 is 2.68 bits per heavy atom. The topological polar surface area (TPSA) is 55.6 Å². The first-order chi connectivity index (χ1) is 9.10. The van der Waals surface area contributed by atoms with Gasteiger partial charge < -0.3 is 15.4 Å². The largest absolute Gasteiger partial charge is 0.364 e. The van der Waals surface area contributed by atoms with Gasteiger partial charge in [-0.2, -0.15) is 0 Å². The molecule has 1 saturated heterocycles. The van der Waals surface area contributed by atoms with Crippen LogP contribution in [0.4, 0.5) is 0 Å². The molecule has 0 aromatic heterocycles. The fourth-order valence-corrected chi connectivity index (χ4v) is 2.51. The van der Waals surface area contributed by atoms with E-state index in [1.165, 1.54) is 0 Å². The number of benzene rings is 1. The molecular weight excluding hydrogens is 308 g/mol. The number of carbonyl (C=O) groups excluding carboxylic acids is 1. The molecule has 2 unspecified atom stereocenters. The monoisotopic (exact) mass is 326 g/mol. The predicted octanol–water partition coefficient (Wildman–Crippen LogP) is 1.91. The van der Waals surface area contributed by atoms with E-state index in [4.69, 9.17) is 10.5 Å². The maximum atomic E-state index is 12.2. The van der Waals surface area contributed by atoms with Gasteiger partial charge in [-0.05, 0) is 30.5 Å². The average molecular weight is 327 g/mol. The minimum atomic E-state index is -0.325. The van der Waals surface area contributed by atoms with E-state index < -0.39 is 0 Å². The molecule has 0 aliphatic carbocycles. The van der Waals surface area contributed by atoms with Gasteiger partial charge in [-0.15, -0.1) is 0 Å². The smallest absolute Gasteiger partial charge is 0.251 e. The van der Waals surface area contributed by atoms with Crippen molar-refractivity contribution in [2.45, 2.75) is 31.6 Å². The zero-order valence-corrected chi connectivity index (χ0v) is 12.6. The first-order valence-electron chi connectivity index (χ1n) is 6.45. The lowest BCUT2D eigenvalue weighted by molar-refractivity contribution is -0.141. The summed E-state index contributed by atoms with van der Waals surface area (Å²) in [5.74, 6) is 0.0406. The molecule has 1 aliphatic heterocycles. The number of ether oxygens (including phenoxy) is 1. The van der Waals surface area contributed by atoms with Crippen LogP contribution in [-0.4, -0.2) is 36.6 Å². The highest BCUT2D eigenvalue weighted by molar-refractivity contribution is 9.10. The summed E-state index contributed by atoms with van der Waals surface area (Å²) in [7, 11) is 1.81. The van der Waals surface area contributed by atoms with Crippen LogP contribution in [0.15, 0.2) is 28.7 Å². The molecule has 1 aliphatic rings. The van der Waals surface area contributed by atoms with E-state index >= 15 is 0 Å². The van der Waals surface area contributed by atoms with Gasteiger partial charge in [0.25, 0.3) is 5.91 Å². The van der Waals surface area contributed by atoms with Crippen LogP contribution in [0.25, 0.3) is 0 Å². The van der Waals surface area contributed by atoms with Gasteiger partial charge in [0, 0.05) is 24.6 Å². The van der Waals surface area contributed by atoms with Gasteiger partial charge in [-0.1, -0.05) is 28.1 Å². The summed E-state index contributed by atoms with van der Waals surface area (Å²) in [6.07, 6.45) is 1.36. The van der Waals surface area contributed by atoms with Crippen LogP contribution in [-0.2, 0) is 16.1 Å². The highest BCUT2D eigenvalue weighted by atomic mass is 79.9. The fraction of sp³-hybridized carbons (Fsp3) is 0.500. The van der Waals surface area contributed by atoms with Crippen molar-refractivity contribution < 1.29 is 9.53 Å². The van der Waals surface area contributed by atoms with E-state index in [1.807, 2.05) is 31.3 Å². The zero-order chi connectivity index (χ0) is 13.8. The number of halogens is 1. The molecule has 2 N–H and O–H groups in total. The number of hydrogen-bond acceptors (Lipinski definition) is 3. The average Bonchev–Trinajstić information content (AvgIpc) is 2.89. The minimum absolute atomic E-state index is 0.0371. The van der Waals surface area contributed by atoms with Crippen molar-refractivity contribution in [3.63, 3.8) is 0 Å². The molecule has 2 rings (SSSR count). The van der Waals surface area contributed by atoms with Crippen molar-refractivity contribution in [1.82, 2.24) is 4.90 Å². The molecule has 0 radical (unpaired) electrons. The molecule has 1 aromatic rings. The Kier molecular flexibility index (Phi) is 4.96. The SMILES string of the molecule is CN(Cc1ccc(Br)cc1)C(=O)C1CCC(CN)O1. The van der Waals surface area contributed by atoms with Crippen LogP contribution < -0.4 is 5.73 Å². The van der Waals surface area contributed by atoms with Crippen molar-refractivity contribution >= 4 is 21.8 Å². The van der Waals surface area contributed by atoms with E-state index in [0.29, 0.717) is 13.1 Å². The molecule has 0 bridgehead atoms. The second-order valence-corrected chi connectivity index (χ2v) is 5.80. The molecular formula is C14H19BrN2O2. The Bertz CT molecular complexity index is 436. The summed E-state index contributed by atoms with van der Waals surface area (Å²) in [6, 6.07) is 7.96. The fourth-order valence-electron chi connectivity index (χ4n) is 2.25. The molecule has 1 amide bonds. The van der Waals surface area contributed by atoms with Crippen LogP contribution in [0.5, 0.6) is 0 Å². The highest BCUT2D eigenvalue weighted by Crippen LogP contribution is 2.21. The minimum Gasteiger partial charge on any atom is -0.364 e. The van der Waals surface area contributed by atoms with E-state index in [2.05, 4.69) is 15.9 Å². The maximum Gasteiger partial charge on any atom is 0.251 e. The summed E-state index contributed by atoms with van der Waals surface area (Å²) < 4.78 is 6.66. The van der Waals surface area contributed by atoms with Crippen LogP contribution in [0, 0.1) is 0 Å². The molecule has 4 nitrogen and oxygen atoms in total. The molecule has 1 heterocycles. The Labute approximate surface area is 122 Å². The molecule has 0 spiro atoms. The third-order valence-corrected chi connectivity index (χ3v) is 3.88. The summed E-state index contributed by atoms with van der Waals surface area (Å²) >= 11 is 3.40. The van der Waals surface area contributed by atoms with Crippen LogP contribution in [0.3, 0.4) is 0 Å². The lowest BCUT2D eigenvalue weighted by atomic mass is 10.1. The molecule has 5 heteroatoms. The summed E-state index contributed by atoms with van der Waals surface area (Å²) in [5.41, 5.74) is 6.66. The number of likely N-dealkylation sites (N-methyl/N-ethyl adjacent to an activating group) is 1. The second-order valence-electron chi connectivity index (χ2n) is 4.88. The first-order valence-corrected chi connectivity index (χ1v) is 7.24. The summed E-state index contributed by atoms with van der Waals surface area (Å²) in [4.78, 5) is 13.9. The number of nitrogens with two attached hydrogens (primary N) is 1.